The van der Waals surface area contributed by atoms with E-state index in [0.29, 0.717) is 6.54 Å². The molecule has 0 aliphatic carbocycles. The van der Waals surface area contributed by atoms with Crippen molar-refractivity contribution in [3.63, 3.8) is 0 Å². The van der Waals surface area contributed by atoms with Crippen molar-refractivity contribution in [3.05, 3.63) is 27.9 Å². The van der Waals surface area contributed by atoms with Crippen molar-refractivity contribution in [2.45, 2.75) is 19.4 Å². The highest BCUT2D eigenvalue weighted by atomic mass is 16.6. The number of rotatable bonds is 6. The van der Waals surface area contributed by atoms with Crippen molar-refractivity contribution in [3.8, 4) is 0 Å². The summed E-state index contributed by atoms with van der Waals surface area (Å²) in [6.07, 6.45) is 0. The van der Waals surface area contributed by atoms with E-state index in [1.54, 1.807) is 0 Å². The molecular formula is C12H17N3O5. The van der Waals surface area contributed by atoms with Gasteiger partial charge < -0.3 is 14.8 Å². The molecule has 0 bridgehead atoms. The number of aromatic nitrogens is 1. The summed E-state index contributed by atoms with van der Waals surface area (Å²) in [4.78, 5) is 25.7. The normalized spacial score (nSPS) is 11.0. The second kappa shape index (κ2) is 6.29. The van der Waals surface area contributed by atoms with Crippen molar-refractivity contribution in [2.75, 3.05) is 26.1 Å². The van der Waals surface area contributed by atoms with Gasteiger partial charge in [-0.15, -0.1) is 0 Å². The van der Waals surface area contributed by atoms with Crippen LogP contribution in [0.3, 0.4) is 0 Å². The van der Waals surface area contributed by atoms with Crippen LogP contribution in [0.2, 0.25) is 0 Å². The average molecular weight is 283 g/mol. The Kier molecular flexibility index (Phi) is 4.98. The second-order valence-electron chi connectivity index (χ2n) is 4.63. The van der Waals surface area contributed by atoms with Gasteiger partial charge in [0.1, 0.15) is 0 Å². The number of pyridine rings is 1. The van der Waals surface area contributed by atoms with Gasteiger partial charge in [-0.05, 0) is 19.9 Å². The van der Waals surface area contributed by atoms with Crippen LogP contribution < -0.4 is 5.32 Å². The van der Waals surface area contributed by atoms with Gasteiger partial charge in [0.25, 0.3) is 0 Å². The Morgan fingerprint density at radius 2 is 2.10 bits per heavy atom. The van der Waals surface area contributed by atoms with Crippen LogP contribution in [0, 0.1) is 10.1 Å². The van der Waals surface area contributed by atoms with E-state index in [0.717, 1.165) is 0 Å². The van der Waals surface area contributed by atoms with Crippen molar-refractivity contribution in [1.29, 1.82) is 0 Å². The molecule has 1 N–H and O–H groups in total. The quantitative estimate of drug-likeness (QED) is 0.480. The maximum absolute atomic E-state index is 11.4. The van der Waals surface area contributed by atoms with Crippen LogP contribution in [0.25, 0.3) is 0 Å². The third-order valence-corrected chi connectivity index (χ3v) is 2.70. The Morgan fingerprint density at radius 3 is 2.60 bits per heavy atom. The molecule has 0 atom stereocenters. The predicted molar refractivity (Wildman–Crippen MR) is 71.8 cm³/mol. The van der Waals surface area contributed by atoms with Gasteiger partial charge in [0.15, 0.2) is 5.69 Å². The maximum atomic E-state index is 11.4. The minimum atomic E-state index is -0.658. The molecule has 0 fully saturated rings. The fourth-order valence-electron chi connectivity index (χ4n) is 1.32. The molecule has 1 rings (SSSR count). The molecule has 1 heterocycles. The molecule has 0 aromatic carbocycles. The molecule has 0 amide bonds. The molecule has 0 radical (unpaired) electrons. The summed E-state index contributed by atoms with van der Waals surface area (Å²) >= 11 is 0. The Labute approximate surface area is 116 Å². The first kappa shape index (κ1) is 15.8. The van der Waals surface area contributed by atoms with E-state index in [1.807, 2.05) is 13.8 Å². The van der Waals surface area contributed by atoms with Crippen LogP contribution in [0.4, 0.5) is 11.5 Å². The Hall–Kier alpha value is -2.22. The average Bonchev–Trinajstić information content (AvgIpc) is 2.43. The lowest BCUT2D eigenvalue weighted by Crippen LogP contribution is -2.32. The minimum absolute atomic E-state index is 0.00280. The van der Waals surface area contributed by atoms with E-state index in [4.69, 9.17) is 4.74 Å². The van der Waals surface area contributed by atoms with E-state index in [2.05, 4.69) is 15.0 Å². The lowest BCUT2D eigenvalue weighted by atomic mass is 10.1. The standard InChI is InChI=1S/C12H17N3O5/c1-12(2,20-4)7-13-10-9(15(17)18)6-5-8(14-10)11(16)19-3/h5-6H,7H2,1-4H3,(H,13,14). The predicted octanol–water partition coefficient (Wildman–Crippen LogP) is 1.61. The number of carbonyl (C=O) groups excluding carboxylic acids is 1. The number of nitro groups is 1. The summed E-state index contributed by atoms with van der Waals surface area (Å²) in [5.41, 5.74) is -0.753. The Balaban J connectivity index is 3.06. The molecule has 110 valence electrons. The SMILES string of the molecule is COC(=O)c1ccc([N+](=O)[O-])c(NCC(C)(C)OC)n1. The number of hydrogen-bond acceptors (Lipinski definition) is 7. The molecule has 0 aliphatic heterocycles. The van der Waals surface area contributed by atoms with E-state index < -0.39 is 16.5 Å². The molecule has 1 aromatic heterocycles. The summed E-state index contributed by atoms with van der Waals surface area (Å²) in [5.74, 6) is -0.656. The van der Waals surface area contributed by atoms with E-state index in [1.165, 1.54) is 26.4 Å². The number of nitrogens with one attached hydrogen (secondary N) is 1. The van der Waals surface area contributed by atoms with E-state index >= 15 is 0 Å². The van der Waals surface area contributed by atoms with Gasteiger partial charge in [0.05, 0.1) is 17.6 Å². The van der Waals surface area contributed by atoms with Crippen LogP contribution in [0.5, 0.6) is 0 Å². The fourth-order valence-corrected chi connectivity index (χ4v) is 1.32. The zero-order chi connectivity index (χ0) is 15.3. The van der Waals surface area contributed by atoms with Gasteiger partial charge in [-0.1, -0.05) is 0 Å². The first-order valence-corrected chi connectivity index (χ1v) is 5.83. The largest absolute Gasteiger partial charge is 0.464 e. The van der Waals surface area contributed by atoms with Crippen LogP contribution in [0.1, 0.15) is 24.3 Å². The number of carbonyl (C=O) groups is 1. The second-order valence-corrected chi connectivity index (χ2v) is 4.63. The summed E-state index contributed by atoms with van der Waals surface area (Å²) in [6.45, 7) is 3.92. The summed E-state index contributed by atoms with van der Waals surface area (Å²) in [5, 5.41) is 13.8. The third kappa shape index (κ3) is 3.89. The van der Waals surface area contributed by atoms with Crippen molar-refractivity contribution >= 4 is 17.5 Å². The third-order valence-electron chi connectivity index (χ3n) is 2.70. The number of ether oxygens (including phenoxy) is 2. The molecule has 0 saturated heterocycles. The van der Waals surface area contributed by atoms with Crippen LogP contribution in [-0.2, 0) is 9.47 Å². The van der Waals surface area contributed by atoms with E-state index in [9.17, 15) is 14.9 Å². The number of esters is 1. The lowest BCUT2D eigenvalue weighted by molar-refractivity contribution is -0.384. The molecule has 0 aliphatic rings. The van der Waals surface area contributed by atoms with Crippen molar-refractivity contribution < 1.29 is 19.2 Å². The maximum Gasteiger partial charge on any atom is 0.356 e. The smallest absolute Gasteiger partial charge is 0.356 e. The Morgan fingerprint density at radius 1 is 1.45 bits per heavy atom. The van der Waals surface area contributed by atoms with E-state index in [-0.39, 0.29) is 17.2 Å². The highest BCUT2D eigenvalue weighted by Crippen LogP contribution is 2.23. The van der Waals surface area contributed by atoms with Crippen molar-refractivity contribution in [1.82, 2.24) is 4.98 Å². The molecule has 0 unspecified atom stereocenters. The highest BCUT2D eigenvalue weighted by molar-refractivity contribution is 5.88. The molecule has 20 heavy (non-hydrogen) atoms. The highest BCUT2D eigenvalue weighted by Gasteiger charge is 2.22. The molecule has 0 spiro atoms. The first-order chi connectivity index (χ1) is 9.30. The number of anilines is 1. The Bertz CT molecular complexity index is 516. The fraction of sp³-hybridized carbons (Fsp3) is 0.500. The number of nitrogens with zero attached hydrogens (tertiary/aromatic N) is 2. The monoisotopic (exact) mass is 283 g/mol. The van der Waals surface area contributed by atoms with Gasteiger partial charge in [0, 0.05) is 19.7 Å². The van der Waals surface area contributed by atoms with Crippen molar-refractivity contribution in [2.24, 2.45) is 0 Å². The minimum Gasteiger partial charge on any atom is -0.464 e. The zero-order valence-electron chi connectivity index (χ0n) is 11.8. The summed E-state index contributed by atoms with van der Waals surface area (Å²) < 4.78 is 9.74. The van der Waals surface area contributed by atoms with Gasteiger partial charge >= 0.3 is 11.7 Å². The molecule has 8 nitrogen and oxygen atoms in total. The molecule has 0 saturated carbocycles. The molecule has 8 heteroatoms. The van der Waals surface area contributed by atoms with Crippen LogP contribution >= 0.6 is 0 Å². The molecular weight excluding hydrogens is 266 g/mol. The summed E-state index contributed by atoms with van der Waals surface area (Å²) in [7, 11) is 2.75. The van der Waals surface area contributed by atoms with Gasteiger partial charge in [-0.3, -0.25) is 10.1 Å². The van der Waals surface area contributed by atoms with Crippen LogP contribution in [-0.4, -0.2) is 42.2 Å². The topological polar surface area (TPSA) is 104 Å². The summed E-state index contributed by atoms with van der Waals surface area (Å²) in [6, 6.07) is 2.46. The zero-order valence-corrected chi connectivity index (χ0v) is 11.8. The van der Waals surface area contributed by atoms with Gasteiger partial charge in [-0.2, -0.15) is 0 Å². The van der Waals surface area contributed by atoms with Gasteiger partial charge in [-0.25, -0.2) is 9.78 Å². The molecule has 1 aromatic rings. The first-order valence-electron chi connectivity index (χ1n) is 5.83. The number of methoxy groups -OCH3 is 2. The van der Waals surface area contributed by atoms with Crippen LogP contribution in [0.15, 0.2) is 12.1 Å². The van der Waals surface area contributed by atoms with Gasteiger partial charge in [0.2, 0.25) is 5.82 Å². The lowest BCUT2D eigenvalue weighted by Gasteiger charge is -2.23. The number of hydrogen-bond donors (Lipinski definition) is 1.